The van der Waals surface area contributed by atoms with Gasteiger partial charge in [0.25, 0.3) is 0 Å². The molecule has 0 fully saturated rings. The van der Waals surface area contributed by atoms with Crippen LogP contribution in [0.1, 0.15) is 5.82 Å². The second-order valence-corrected chi connectivity index (χ2v) is 3.87. The Morgan fingerprint density at radius 3 is 2.33 bits per heavy atom. The summed E-state index contributed by atoms with van der Waals surface area (Å²) in [6, 6.07) is 13.5. The van der Waals surface area contributed by atoms with Crippen LogP contribution < -0.4 is 0 Å². The zero-order valence-electron chi connectivity index (χ0n) is 9.87. The average molecular weight is 237 g/mol. The summed E-state index contributed by atoms with van der Waals surface area (Å²) in [7, 11) is 0. The number of nitrogens with zero attached hydrogens (tertiary/aromatic N) is 3. The van der Waals surface area contributed by atoms with Gasteiger partial charge in [-0.05, 0) is 19.1 Å². The first kappa shape index (κ1) is 10.7. The molecule has 0 aliphatic carbocycles. The molecule has 2 heterocycles. The summed E-state index contributed by atoms with van der Waals surface area (Å²) in [5.41, 5.74) is 0.968. The number of hydrogen-bond donors (Lipinski definition) is 0. The molecule has 0 atom stereocenters. The third-order valence-electron chi connectivity index (χ3n) is 2.52. The summed E-state index contributed by atoms with van der Waals surface area (Å²) in [5.74, 6) is 2.55. The molecule has 0 spiro atoms. The Hall–Kier alpha value is -2.49. The minimum absolute atomic E-state index is 0.561. The van der Waals surface area contributed by atoms with E-state index in [9.17, 15) is 0 Å². The minimum atomic E-state index is 0.561. The first-order chi connectivity index (χ1) is 8.83. The van der Waals surface area contributed by atoms with Crippen LogP contribution >= 0.6 is 0 Å². The smallest absolute Gasteiger partial charge is 0.199 e. The first-order valence-corrected chi connectivity index (χ1v) is 5.65. The lowest BCUT2D eigenvalue weighted by Crippen LogP contribution is -1.98. The summed E-state index contributed by atoms with van der Waals surface area (Å²) >= 11 is 0. The molecule has 0 unspecified atom stereocenters. The van der Waals surface area contributed by atoms with E-state index in [-0.39, 0.29) is 0 Å². The Morgan fingerprint density at radius 1 is 0.833 bits per heavy atom. The maximum Gasteiger partial charge on any atom is 0.199 e. The van der Waals surface area contributed by atoms with Crippen LogP contribution in [0.4, 0.5) is 0 Å². The van der Waals surface area contributed by atoms with E-state index in [1.807, 2.05) is 49.4 Å². The van der Waals surface area contributed by atoms with Crippen LogP contribution in [0.5, 0.6) is 0 Å². The highest BCUT2D eigenvalue weighted by Crippen LogP contribution is 2.19. The Bertz CT molecular complexity index is 648. The highest BCUT2D eigenvalue weighted by atomic mass is 16.3. The third-order valence-corrected chi connectivity index (χ3v) is 2.52. The molecule has 4 nitrogen and oxygen atoms in total. The number of furan rings is 1. The molecule has 4 heteroatoms. The van der Waals surface area contributed by atoms with Crippen LogP contribution in [0.25, 0.3) is 23.0 Å². The zero-order valence-corrected chi connectivity index (χ0v) is 9.87. The topological polar surface area (TPSA) is 51.8 Å². The second-order valence-electron chi connectivity index (χ2n) is 3.87. The van der Waals surface area contributed by atoms with Gasteiger partial charge in [-0.1, -0.05) is 30.3 Å². The highest BCUT2D eigenvalue weighted by molar-refractivity contribution is 5.57. The quantitative estimate of drug-likeness (QED) is 0.687. The van der Waals surface area contributed by atoms with E-state index in [1.165, 1.54) is 0 Å². The maximum absolute atomic E-state index is 5.31. The van der Waals surface area contributed by atoms with E-state index in [1.54, 1.807) is 6.26 Å². The molecule has 2 aromatic heterocycles. The van der Waals surface area contributed by atoms with Crippen LogP contribution in [-0.2, 0) is 0 Å². The van der Waals surface area contributed by atoms with Crippen molar-refractivity contribution in [3.05, 3.63) is 54.6 Å². The van der Waals surface area contributed by atoms with Crippen LogP contribution in [0.2, 0.25) is 0 Å². The predicted octanol–water partition coefficient (Wildman–Crippen LogP) is 3.11. The third kappa shape index (κ3) is 2.00. The van der Waals surface area contributed by atoms with Gasteiger partial charge in [0.2, 0.25) is 0 Å². The molecule has 0 N–H and O–H groups in total. The molecular formula is C14H11N3O. The standard InChI is InChI=1S/C14H11N3O/c1-10-15-13(11-6-3-2-4-7-11)17-14(16-10)12-8-5-9-18-12/h2-9H,1H3. The fourth-order valence-corrected chi connectivity index (χ4v) is 1.71. The Balaban J connectivity index is 2.12. The van der Waals surface area contributed by atoms with Crippen molar-refractivity contribution in [1.82, 2.24) is 15.0 Å². The van der Waals surface area contributed by atoms with Gasteiger partial charge >= 0.3 is 0 Å². The van der Waals surface area contributed by atoms with Crippen molar-refractivity contribution < 1.29 is 4.42 Å². The number of aromatic nitrogens is 3. The Labute approximate surface area is 104 Å². The van der Waals surface area contributed by atoms with Crippen molar-refractivity contribution in [2.24, 2.45) is 0 Å². The summed E-state index contributed by atoms with van der Waals surface area (Å²) in [6.45, 7) is 1.85. The van der Waals surface area contributed by atoms with Gasteiger partial charge in [-0.25, -0.2) is 15.0 Å². The SMILES string of the molecule is Cc1nc(-c2ccccc2)nc(-c2ccco2)n1. The summed E-state index contributed by atoms with van der Waals surface area (Å²) in [6.07, 6.45) is 1.61. The molecular weight excluding hydrogens is 226 g/mol. The van der Waals surface area contributed by atoms with Crippen molar-refractivity contribution in [2.45, 2.75) is 6.92 Å². The largest absolute Gasteiger partial charge is 0.461 e. The number of hydrogen-bond acceptors (Lipinski definition) is 4. The molecule has 0 saturated carbocycles. The molecule has 0 amide bonds. The van der Waals surface area contributed by atoms with Crippen LogP contribution in [0, 0.1) is 6.92 Å². The molecule has 88 valence electrons. The number of rotatable bonds is 2. The van der Waals surface area contributed by atoms with E-state index in [2.05, 4.69) is 15.0 Å². The van der Waals surface area contributed by atoms with Gasteiger partial charge in [0, 0.05) is 5.56 Å². The van der Waals surface area contributed by atoms with Crippen molar-refractivity contribution >= 4 is 0 Å². The zero-order chi connectivity index (χ0) is 12.4. The molecule has 3 aromatic rings. The average Bonchev–Trinajstić information content (AvgIpc) is 2.93. The second kappa shape index (κ2) is 4.41. The lowest BCUT2D eigenvalue weighted by atomic mass is 10.2. The first-order valence-electron chi connectivity index (χ1n) is 5.65. The fourth-order valence-electron chi connectivity index (χ4n) is 1.71. The monoisotopic (exact) mass is 237 g/mol. The van der Waals surface area contributed by atoms with Gasteiger partial charge in [0.05, 0.1) is 6.26 Å². The van der Waals surface area contributed by atoms with E-state index in [4.69, 9.17) is 4.42 Å². The van der Waals surface area contributed by atoms with E-state index < -0.39 is 0 Å². The van der Waals surface area contributed by atoms with Gasteiger partial charge < -0.3 is 4.42 Å². The van der Waals surface area contributed by atoms with Crippen molar-refractivity contribution in [3.63, 3.8) is 0 Å². The number of benzene rings is 1. The van der Waals surface area contributed by atoms with E-state index in [0.717, 1.165) is 5.56 Å². The number of aryl methyl sites for hydroxylation is 1. The molecule has 0 aliphatic rings. The Kier molecular flexibility index (Phi) is 2.61. The summed E-state index contributed by atoms with van der Waals surface area (Å²) in [4.78, 5) is 13.1. The molecule has 3 rings (SSSR count). The van der Waals surface area contributed by atoms with Crippen molar-refractivity contribution in [3.8, 4) is 23.0 Å². The van der Waals surface area contributed by atoms with Gasteiger partial charge in [0.1, 0.15) is 5.82 Å². The van der Waals surface area contributed by atoms with Crippen molar-refractivity contribution in [2.75, 3.05) is 0 Å². The molecule has 18 heavy (non-hydrogen) atoms. The van der Waals surface area contributed by atoms with E-state index >= 15 is 0 Å². The summed E-state index contributed by atoms with van der Waals surface area (Å²) in [5, 5.41) is 0. The van der Waals surface area contributed by atoms with Crippen molar-refractivity contribution in [1.29, 1.82) is 0 Å². The Morgan fingerprint density at radius 2 is 1.61 bits per heavy atom. The van der Waals surface area contributed by atoms with Gasteiger partial charge in [-0.3, -0.25) is 0 Å². The lowest BCUT2D eigenvalue weighted by Gasteiger charge is -2.03. The van der Waals surface area contributed by atoms with Gasteiger partial charge in [-0.15, -0.1) is 0 Å². The fraction of sp³-hybridized carbons (Fsp3) is 0.0714. The molecule has 0 aliphatic heterocycles. The molecule has 1 aromatic carbocycles. The van der Waals surface area contributed by atoms with Crippen LogP contribution in [-0.4, -0.2) is 15.0 Å². The normalized spacial score (nSPS) is 10.5. The van der Waals surface area contributed by atoms with E-state index in [0.29, 0.717) is 23.2 Å². The predicted molar refractivity (Wildman–Crippen MR) is 67.7 cm³/mol. The molecule has 0 radical (unpaired) electrons. The molecule has 0 saturated heterocycles. The van der Waals surface area contributed by atoms with Gasteiger partial charge in [0.15, 0.2) is 17.4 Å². The van der Waals surface area contributed by atoms with Crippen LogP contribution in [0.3, 0.4) is 0 Å². The van der Waals surface area contributed by atoms with Gasteiger partial charge in [-0.2, -0.15) is 0 Å². The van der Waals surface area contributed by atoms with Crippen LogP contribution in [0.15, 0.2) is 53.1 Å². The summed E-state index contributed by atoms with van der Waals surface area (Å²) < 4.78 is 5.31. The maximum atomic E-state index is 5.31. The lowest BCUT2D eigenvalue weighted by molar-refractivity contribution is 0.576. The minimum Gasteiger partial charge on any atom is -0.461 e. The highest BCUT2D eigenvalue weighted by Gasteiger charge is 2.09. The molecule has 0 bridgehead atoms.